The van der Waals surface area contributed by atoms with Crippen LogP contribution in [0.1, 0.15) is 25.3 Å². The van der Waals surface area contributed by atoms with Crippen LogP contribution in [-0.2, 0) is 6.54 Å². The summed E-state index contributed by atoms with van der Waals surface area (Å²) < 4.78 is 0. The van der Waals surface area contributed by atoms with Crippen LogP contribution in [0, 0.1) is 12.3 Å². The standard InChI is InChI=1S/C13H17NO/c1-3-5-12(4-2)14-10-11-6-8-13(15)9-7-11/h1,6-9,12,14-15H,4-5,10H2,2H3. The molecule has 1 aromatic carbocycles. The number of hydrogen-bond acceptors (Lipinski definition) is 2. The minimum absolute atomic E-state index is 0.300. The Labute approximate surface area is 91.3 Å². The van der Waals surface area contributed by atoms with E-state index in [1.54, 1.807) is 12.1 Å². The summed E-state index contributed by atoms with van der Waals surface area (Å²) in [5.74, 6) is 2.96. The van der Waals surface area contributed by atoms with E-state index in [4.69, 9.17) is 11.5 Å². The topological polar surface area (TPSA) is 32.3 Å². The van der Waals surface area contributed by atoms with Gasteiger partial charge in [-0.1, -0.05) is 19.1 Å². The molecule has 0 radical (unpaired) electrons. The van der Waals surface area contributed by atoms with E-state index < -0.39 is 0 Å². The fourth-order valence-corrected chi connectivity index (χ4v) is 1.38. The monoisotopic (exact) mass is 203 g/mol. The van der Waals surface area contributed by atoms with Crippen molar-refractivity contribution in [3.05, 3.63) is 29.8 Å². The van der Waals surface area contributed by atoms with Crippen molar-refractivity contribution in [1.82, 2.24) is 5.32 Å². The van der Waals surface area contributed by atoms with Crippen LogP contribution in [0.5, 0.6) is 5.75 Å². The maximum atomic E-state index is 9.12. The van der Waals surface area contributed by atoms with Gasteiger partial charge in [-0.15, -0.1) is 12.3 Å². The second kappa shape index (κ2) is 6.10. The van der Waals surface area contributed by atoms with Crippen molar-refractivity contribution in [1.29, 1.82) is 0 Å². The van der Waals surface area contributed by atoms with Crippen molar-refractivity contribution < 1.29 is 5.11 Å². The molecule has 0 heterocycles. The van der Waals surface area contributed by atoms with Crippen LogP contribution in [0.4, 0.5) is 0 Å². The third-order valence-electron chi connectivity index (χ3n) is 2.39. The maximum Gasteiger partial charge on any atom is 0.115 e. The Morgan fingerprint density at radius 3 is 2.60 bits per heavy atom. The molecule has 0 amide bonds. The highest BCUT2D eigenvalue weighted by atomic mass is 16.3. The molecule has 0 saturated heterocycles. The Hall–Kier alpha value is -1.46. The molecule has 1 rings (SSSR count). The van der Waals surface area contributed by atoms with E-state index in [0.29, 0.717) is 11.8 Å². The molecule has 15 heavy (non-hydrogen) atoms. The van der Waals surface area contributed by atoms with Gasteiger partial charge in [0.25, 0.3) is 0 Å². The predicted molar refractivity (Wildman–Crippen MR) is 62.5 cm³/mol. The molecule has 0 aliphatic carbocycles. The van der Waals surface area contributed by atoms with Crippen LogP contribution in [0.25, 0.3) is 0 Å². The number of nitrogens with one attached hydrogen (secondary N) is 1. The first kappa shape index (κ1) is 11.6. The summed E-state index contributed by atoms with van der Waals surface area (Å²) in [6, 6.07) is 7.58. The number of aromatic hydroxyl groups is 1. The van der Waals surface area contributed by atoms with E-state index in [9.17, 15) is 0 Å². The fraction of sp³-hybridized carbons (Fsp3) is 0.385. The highest BCUT2D eigenvalue weighted by Crippen LogP contribution is 2.09. The molecule has 0 bridgehead atoms. The Bertz CT molecular complexity index is 323. The zero-order valence-corrected chi connectivity index (χ0v) is 9.03. The molecule has 0 aliphatic heterocycles. The first-order valence-electron chi connectivity index (χ1n) is 5.21. The Kier molecular flexibility index (Phi) is 4.73. The van der Waals surface area contributed by atoms with E-state index in [-0.39, 0.29) is 0 Å². The minimum Gasteiger partial charge on any atom is -0.508 e. The average molecular weight is 203 g/mol. The van der Waals surface area contributed by atoms with E-state index in [2.05, 4.69) is 18.2 Å². The molecule has 2 heteroatoms. The molecule has 1 unspecified atom stereocenters. The summed E-state index contributed by atoms with van der Waals surface area (Å²) in [5, 5.41) is 12.5. The molecule has 1 aromatic rings. The third-order valence-corrected chi connectivity index (χ3v) is 2.39. The van der Waals surface area contributed by atoms with Crippen LogP contribution >= 0.6 is 0 Å². The molecule has 1 atom stereocenters. The Morgan fingerprint density at radius 1 is 1.40 bits per heavy atom. The lowest BCUT2D eigenvalue weighted by Gasteiger charge is -2.13. The highest BCUT2D eigenvalue weighted by Gasteiger charge is 2.03. The summed E-state index contributed by atoms with van der Waals surface area (Å²) in [5.41, 5.74) is 1.16. The lowest BCUT2D eigenvalue weighted by Crippen LogP contribution is -2.27. The molecular weight excluding hydrogens is 186 g/mol. The lowest BCUT2D eigenvalue weighted by molar-refractivity contribution is 0.474. The van der Waals surface area contributed by atoms with Crippen LogP contribution in [0.2, 0.25) is 0 Å². The highest BCUT2D eigenvalue weighted by molar-refractivity contribution is 5.25. The SMILES string of the molecule is C#CCC(CC)NCc1ccc(O)cc1. The molecule has 80 valence electrons. The first-order valence-corrected chi connectivity index (χ1v) is 5.21. The van der Waals surface area contributed by atoms with Crippen LogP contribution in [0.15, 0.2) is 24.3 Å². The van der Waals surface area contributed by atoms with Gasteiger partial charge < -0.3 is 10.4 Å². The minimum atomic E-state index is 0.300. The number of phenolic OH excluding ortho intramolecular Hbond substituents is 1. The molecular formula is C13H17NO. The summed E-state index contributed by atoms with van der Waals surface area (Å²) in [4.78, 5) is 0. The van der Waals surface area contributed by atoms with Crippen molar-refractivity contribution >= 4 is 0 Å². The first-order chi connectivity index (χ1) is 7.26. The van der Waals surface area contributed by atoms with E-state index in [0.717, 1.165) is 24.9 Å². The smallest absolute Gasteiger partial charge is 0.115 e. The van der Waals surface area contributed by atoms with Crippen molar-refractivity contribution in [3.63, 3.8) is 0 Å². The fourth-order valence-electron chi connectivity index (χ4n) is 1.38. The lowest BCUT2D eigenvalue weighted by atomic mass is 10.1. The van der Waals surface area contributed by atoms with Crippen LogP contribution in [0.3, 0.4) is 0 Å². The summed E-state index contributed by atoms with van der Waals surface area (Å²) in [6.45, 7) is 2.91. The summed E-state index contributed by atoms with van der Waals surface area (Å²) in [7, 11) is 0. The third kappa shape index (κ3) is 4.05. The van der Waals surface area contributed by atoms with E-state index >= 15 is 0 Å². The van der Waals surface area contributed by atoms with Crippen LogP contribution < -0.4 is 5.32 Å². The number of phenols is 1. The molecule has 0 fully saturated rings. The van der Waals surface area contributed by atoms with Gasteiger partial charge >= 0.3 is 0 Å². The van der Waals surface area contributed by atoms with Gasteiger partial charge in [-0.05, 0) is 24.1 Å². The van der Waals surface area contributed by atoms with Gasteiger partial charge in [0.1, 0.15) is 5.75 Å². The van der Waals surface area contributed by atoms with Gasteiger partial charge in [0.05, 0.1) is 0 Å². The number of benzene rings is 1. The number of terminal acetylenes is 1. The molecule has 2 nitrogen and oxygen atoms in total. The van der Waals surface area contributed by atoms with Gasteiger partial charge in [0.2, 0.25) is 0 Å². The Morgan fingerprint density at radius 2 is 2.07 bits per heavy atom. The largest absolute Gasteiger partial charge is 0.508 e. The van der Waals surface area contributed by atoms with Gasteiger partial charge in [0.15, 0.2) is 0 Å². The quantitative estimate of drug-likeness (QED) is 0.720. The summed E-state index contributed by atoms with van der Waals surface area (Å²) >= 11 is 0. The maximum absolute atomic E-state index is 9.12. The molecule has 0 spiro atoms. The molecule has 2 N–H and O–H groups in total. The molecule has 0 aromatic heterocycles. The Balaban J connectivity index is 2.42. The van der Waals surface area contributed by atoms with Crippen molar-refractivity contribution in [2.45, 2.75) is 32.4 Å². The molecule has 0 aliphatic rings. The van der Waals surface area contributed by atoms with Crippen molar-refractivity contribution in [2.24, 2.45) is 0 Å². The van der Waals surface area contributed by atoms with E-state index in [1.807, 2.05) is 12.1 Å². The van der Waals surface area contributed by atoms with Gasteiger partial charge in [0, 0.05) is 19.0 Å². The molecule has 0 saturated carbocycles. The van der Waals surface area contributed by atoms with Gasteiger partial charge in [-0.25, -0.2) is 0 Å². The normalized spacial score (nSPS) is 12.0. The van der Waals surface area contributed by atoms with Crippen LogP contribution in [-0.4, -0.2) is 11.1 Å². The predicted octanol–water partition coefficient (Wildman–Crippen LogP) is 2.28. The summed E-state index contributed by atoms with van der Waals surface area (Å²) in [6.07, 6.45) is 7.06. The second-order valence-corrected chi connectivity index (χ2v) is 3.56. The van der Waals surface area contributed by atoms with E-state index in [1.165, 1.54) is 0 Å². The average Bonchev–Trinajstić information content (AvgIpc) is 2.26. The van der Waals surface area contributed by atoms with Gasteiger partial charge in [-0.3, -0.25) is 0 Å². The van der Waals surface area contributed by atoms with Gasteiger partial charge in [-0.2, -0.15) is 0 Å². The van der Waals surface area contributed by atoms with Crippen molar-refractivity contribution in [3.8, 4) is 18.1 Å². The zero-order valence-electron chi connectivity index (χ0n) is 9.03. The van der Waals surface area contributed by atoms with Crippen molar-refractivity contribution in [2.75, 3.05) is 0 Å². The zero-order chi connectivity index (χ0) is 11.1. The number of hydrogen-bond donors (Lipinski definition) is 2. The second-order valence-electron chi connectivity index (χ2n) is 3.56. The number of rotatable bonds is 5.